The summed E-state index contributed by atoms with van der Waals surface area (Å²) in [4.78, 5) is 16.4. The van der Waals surface area contributed by atoms with Crippen LogP contribution in [0.15, 0.2) is 72.1 Å². The number of rotatable bonds is 3. The van der Waals surface area contributed by atoms with E-state index in [0.717, 1.165) is 22.3 Å². The first-order valence-corrected chi connectivity index (χ1v) is 8.86. The van der Waals surface area contributed by atoms with Crippen LogP contribution in [0.1, 0.15) is 21.6 Å². The van der Waals surface area contributed by atoms with Gasteiger partial charge in [0.1, 0.15) is 0 Å². The van der Waals surface area contributed by atoms with Crippen molar-refractivity contribution in [2.45, 2.75) is 13.1 Å². The Balaban J connectivity index is 1.75. The molecule has 0 bridgehead atoms. The molecule has 0 N–H and O–H groups in total. The Hall–Kier alpha value is -2.65. The van der Waals surface area contributed by atoms with E-state index < -0.39 is 0 Å². The summed E-state index contributed by atoms with van der Waals surface area (Å²) in [6, 6.07) is 22.2. The smallest absolute Gasteiger partial charge is 0.255 e. The van der Waals surface area contributed by atoms with Crippen molar-refractivity contribution in [2.24, 2.45) is 0 Å². The molecule has 4 rings (SSSR count). The summed E-state index contributed by atoms with van der Waals surface area (Å²) in [5, 5.41) is 2.10. The van der Waals surface area contributed by atoms with Crippen molar-refractivity contribution >= 4 is 28.9 Å². The topological polar surface area (TPSA) is 20.3 Å². The first kappa shape index (κ1) is 14.9. The van der Waals surface area contributed by atoms with Crippen molar-refractivity contribution < 1.29 is 4.79 Å². The second-order valence-corrected chi connectivity index (χ2v) is 6.87. The van der Waals surface area contributed by atoms with Gasteiger partial charge in [-0.15, -0.1) is 11.3 Å². The molecule has 0 fully saturated rings. The van der Waals surface area contributed by atoms with Crippen molar-refractivity contribution in [3.05, 3.63) is 93.7 Å². The number of hydrogen-bond acceptors (Lipinski definition) is 2. The number of thiophene rings is 1. The van der Waals surface area contributed by atoms with Crippen LogP contribution in [-0.2, 0) is 17.9 Å². The highest BCUT2D eigenvalue weighted by molar-refractivity contribution is 7.10. The quantitative estimate of drug-likeness (QED) is 0.673. The first-order valence-electron chi connectivity index (χ1n) is 7.98. The lowest BCUT2D eigenvalue weighted by molar-refractivity contribution is -0.126. The molecule has 0 radical (unpaired) electrons. The van der Waals surface area contributed by atoms with E-state index in [1.54, 1.807) is 11.3 Å². The molecule has 1 aliphatic heterocycles. The highest BCUT2D eigenvalue weighted by Crippen LogP contribution is 2.31. The molecular formula is C21H17NOS. The molecule has 2 aromatic carbocycles. The van der Waals surface area contributed by atoms with Crippen LogP contribution in [0.4, 0.5) is 0 Å². The molecule has 24 heavy (non-hydrogen) atoms. The van der Waals surface area contributed by atoms with Gasteiger partial charge in [-0.05, 0) is 34.2 Å². The maximum absolute atomic E-state index is 13.2. The maximum atomic E-state index is 13.2. The number of fused-ring (bicyclic) bond motifs is 1. The van der Waals surface area contributed by atoms with Gasteiger partial charge in [0.15, 0.2) is 0 Å². The standard InChI is InChI=1S/C21H17NOS/c23-21-19(17-9-5-2-6-10-17)13-18-11-12-24-20(18)15-22(21)14-16-7-3-1-4-8-16/h1-13H,14-15H2. The zero-order valence-corrected chi connectivity index (χ0v) is 14.0. The number of amides is 1. The predicted octanol–water partition coefficient (Wildman–Crippen LogP) is 4.83. The number of hydrogen-bond donors (Lipinski definition) is 0. The molecule has 2 heterocycles. The van der Waals surface area contributed by atoms with E-state index in [0.29, 0.717) is 13.1 Å². The summed E-state index contributed by atoms with van der Waals surface area (Å²) in [6.45, 7) is 1.29. The molecule has 2 nitrogen and oxygen atoms in total. The second-order valence-electron chi connectivity index (χ2n) is 5.87. The van der Waals surface area contributed by atoms with Gasteiger partial charge in [-0.2, -0.15) is 0 Å². The molecule has 0 spiro atoms. The SMILES string of the molecule is O=C1C(c2ccccc2)=Cc2ccsc2CN1Cc1ccccc1. The van der Waals surface area contributed by atoms with Gasteiger partial charge in [0, 0.05) is 17.0 Å². The molecule has 3 heteroatoms. The summed E-state index contributed by atoms with van der Waals surface area (Å²) >= 11 is 1.71. The number of carbonyl (C=O) groups is 1. The fraction of sp³-hybridized carbons (Fsp3) is 0.0952. The van der Waals surface area contributed by atoms with Crippen LogP contribution in [0.25, 0.3) is 11.6 Å². The zero-order valence-electron chi connectivity index (χ0n) is 13.2. The number of carbonyl (C=O) groups excluding carboxylic acids is 1. The molecule has 0 aliphatic carbocycles. The summed E-state index contributed by atoms with van der Waals surface area (Å²) in [5.41, 5.74) is 4.05. The first-order chi connectivity index (χ1) is 11.8. The molecule has 0 saturated heterocycles. The second kappa shape index (κ2) is 6.46. The van der Waals surface area contributed by atoms with Gasteiger partial charge >= 0.3 is 0 Å². The van der Waals surface area contributed by atoms with E-state index in [9.17, 15) is 4.79 Å². The summed E-state index contributed by atoms with van der Waals surface area (Å²) in [5.74, 6) is 0.0912. The number of nitrogens with zero attached hydrogens (tertiary/aromatic N) is 1. The predicted molar refractivity (Wildman–Crippen MR) is 99.3 cm³/mol. The Morgan fingerprint density at radius 1 is 0.917 bits per heavy atom. The summed E-state index contributed by atoms with van der Waals surface area (Å²) in [6.07, 6.45) is 2.04. The van der Waals surface area contributed by atoms with E-state index in [1.165, 1.54) is 4.88 Å². The Morgan fingerprint density at radius 3 is 2.38 bits per heavy atom. The third-order valence-corrected chi connectivity index (χ3v) is 5.15. The van der Waals surface area contributed by atoms with Gasteiger partial charge in [-0.25, -0.2) is 0 Å². The van der Waals surface area contributed by atoms with E-state index in [1.807, 2.05) is 59.5 Å². The van der Waals surface area contributed by atoms with Crippen molar-refractivity contribution in [1.82, 2.24) is 4.90 Å². The molecule has 118 valence electrons. The van der Waals surface area contributed by atoms with Crippen molar-refractivity contribution in [1.29, 1.82) is 0 Å². The van der Waals surface area contributed by atoms with Crippen LogP contribution < -0.4 is 0 Å². The minimum atomic E-state index is 0.0912. The Morgan fingerprint density at radius 2 is 1.62 bits per heavy atom. The van der Waals surface area contributed by atoms with Gasteiger partial charge in [-0.1, -0.05) is 60.7 Å². The average molecular weight is 331 g/mol. The van der Waals surface area contributed by atoms with Gasteiger partial charge < -0.3 is 4.90 Å². The molecule has 1 aliphatic rings. The van der Waals surface area contributed by atoms with Crippen molar-refractivity contribution in [2.75, 3.05) is 0 Å². The van der Waals surface area contributed by atoms with Crippen molar-refractivity contribution in [3.8, 4) is 0 Å². The largest absolute Gasteiger partial charge is 0.329 e. The van der Waals surface area contributed by atoms with Crippen LogP contribution in [0.5, 0.6) is 0 Å². The van der Waals surface area contributed by atoms with E-state index in [2.05, 4.69) is 23.6 Å². The third-order valence-electron chi connectivity index (χ3n) is 4.23. The van der Waals surface area contributed by atoms with Gasteiger partial charge in [0.2, 0.25) is 0 Å². The highest BCUT2D eigenvalue weighted by Gasteiger charge is 2.25. The van der Waals surface area contributed by atoms with Gasteiger partial charge in [-0.3, -0.25) is 4.79 Å². The van der Waals surface area contributed by atoms with E-state index in [-0.39, 0.29) is 5.91 Å². The average Bonchev–Trinajstić information content (AvgIpc) is 3.02. The zero-order chi connectivity index (χ0) is 16.4. The summed E-state index contributed by atoms with van der Waals surface area (Å²) < 4.78 is 0. The van der Waals surface area contributed by atoms with E-state index in [4.69, 9.17) is 0 Å². The molecule has 1 aromatic heterocycles. The van der Waals surface area contributed by atoms with Crippen LogP contribution in [0.3, 0.4) is 0 Å². The fourth-order valence-electron chi connectivity index (χ4n) is 3.00. The fourth-order valence-corrected chi connectivity index (χ4v) is 3.87. The molecule has 1 amide bonds. The normalized spacial score (nSPS) is 14.1. The lowest BCUT2D eigenvalue weighted by atomic mass is 10.0. The summed E-state index contributed by atoms with van der Waals surface area (Å²) in [7, 11) is 0. The van der Waals surface area contributed by atoms with Gasteiger partial charge in [0.05, 0.1) is 6.54 Å². The van der Waals surface area contributed by atoms with Crippen LogP contribution in [0, 0.1) is 0 Å². The lowest BCUT2D eigenvalue weighted by Crippen LogP contribution is -2.29. The minimum absolute atomic E-state index is 0.0912. The molecule has 3 aromatic rings. The monoisotopic (exact) mass is 331 g/mol. The highest BCUT2D eigenvalue weighted by atomic mass is 32.1. The van der Waals surface area contributed by atoms with Gasteiger partial charge in [0.25, 0.3) is 5.91 Å². The maximum Gasteiger partial charge on any atom is 0.255 e. The Labute approximate surface area is 145 Å². The van der Waals surface area contributed by atoms with Crippen LogP contribution in [-0.4, -0.2) is 10.8 Å². The number of benzene rings is 2. The van der Waals surface area contributed by atoms with Crippen LogP contribution >= 0.6 is 11.3 Å². The molecule has 0 unspecified atom stereocenters. The minimum Gasteiger partial charge on any atom is -0.329 e. The molecular weight excluding hydrogens is 314 g/mol. The molecule has 0 atom stereocenters. The van der Waals surface area contributed by atoms with Crippen molar-refractivity contribution in [3.63, 3.8) is 0 Å². The lowest BCUT2D eigenvalue weighted by Gasteiger charge is -2.22. The molecule has 0 saturated carbocycles. The van der Waals surface area contributed by atoms with E-state index >= 15 is 0 Å². The Kier molecular flexibility index (Phi) is 4.01. The third kappa shape index (κ3) is 2.91. The van der Waals surface area contributed by atoms with Crippen LogP contribution in [0.2, 0.25) is 0 Å². The Bertz CT molecular complexity index is 880.